The van der Waals surface area contributed by atoms with Crippen molar-refractivity contribution in [1.29, 1.82) is 0 Å². The molecule has 0 aromatic heterocycles. The molecule has 1 nitrogen and oxygen atoms in total. The lowest BCUT2D eigenvalue weighted by Gasteiger charge is -2.39. The first-order valence-electron chi connectivity index (χ1n) is 20.1. The van der Waals surface area contributed by atoms with Crippen molar-refractivity contribution < 1.29 is 0 Å². The van der Waals surface area contributed by atoms with Crippen molar-refractivity contribution in [2.75, 3.05) is 5.32 Å². The van der Waals surface area contributed by atoms with Gasteiger partial charge in [-0.15, -0.1) is 0 Å². The van der Waals surface area contributed by atoms with Crippen LogP contribution < -0.4 is 5.32 Å². The summed E-state index contributed by atoms with van der Waals surface area (Å²) in [6.07, 6.45) is 0. The molecule has 58 heavy (non-hydrogen) atoms. The highest BCUT2D eigenvalue weighted by molar-refractivity contribution is 7.99. The number of hydrogen-bond acceptors (Lipinski definition) is 2. The van der Waals surface area contributed by atoms with Gasteiger partial charge in [-0.1, -0.05) is 200 Å². The Bertz CT molecular complexity index is 2990. The molecule has 0 atom stereocenters. The molecular weight excluding hydrogens is 719 g/mol. The fraction of sp³-hybridized carbons (Fsp3) is 0.0357. The van der Waals surface area contributed by atoms with Gasteiger partial charge in [-0.05, 0) is 97.1 Å². The number of nitrogens with one attached hydrogen (secondary N) is 1. The summed E-state index contributed by atoms with van der Waals surface area (Å²) in [6.45, 7) is 0. The van der Waals surface area contributed by atoms with Crippen LogP contribution in [-0.4, -0.2) is 0 Å². The number of fused-ring (bicyclic) bond motifs is 12. The quantitative estimate of drug-likeness (QED) is 0.188. The van der Waals surface area contributed by atoms with Crippen molar-refractivity contribution in [1.82, 2.24) is 0 Å². The molecule has 0 saturated heterocycles. The molecule has 0 fully saturated rings. The molecule has 0 unspecified atom stereocenters. The Morgan fingerprint density at radius 2 is 0.793 bits per heavy atom. The van der Waals surface area contributed by atoms with E-state index in [0.717, 1.165) is 11.4 Å². The highest BCUT2D eigenvalue weighted by Gasteiger charge is 2.50. The molecule has 0 bridgehead atoms. The molecule has 1 spiro atoms. The van der Waals surface area contributed by atoms with Gasteiger partial charge in [0.1, 0.15) is 0 Å². The van der Waals surface area contributed by atoms with Crippen molar-refractivity contribution >= 4 is 23.1 Å². The molecule has 9 aromatic rings. The van der Waals surface area contributed by atoms with Crippen LogP contribution in [0, 0.1) is 0 Å². The van der Waals surface area contributed by atoms with Crippen LogP contribution in [0.2, 0.25) is 0 Å². The Balaban J connectivity index is 1.05. The largest absolute Gasteiger partial charge is 0.355 e. The summed E-state index contributed by atoms with van der Waals surface area (Å²) in [4.78, 5) is 2.63. The van der Waals surface area contributed by atoms with Gasteiger partial charge < -0.3 is 5.32 Å². The minimum Gasteiger partial charge on any atom is -0.355 e. The fourth-order valence-electron chi connectivity index (χ4n) is 10.6. The molecule has 9 aromatic carbocycles. The molecule has 1 N–H and O–H groups in total. The summed E-state index contributed by atoms with van der Waals surface area (Å²) in [5, 5.41) is 4.04. The minimum absolute atomic E-state index is 0.426. The van der Waals surface area contributed by atoms with Crippen molar-refractivity contribution in [3.8, 4) is 33.4 Å². The van der Waals surface area contributed by atoms with E-state index in [2.05, 4.69) is 224 Å². The molecule has 1 heterocycles. The highest BCUT2D eigenvalue weighted by Crippen LogP contribution is 2.63. The first-order chi connectivity index (χ1) is 28.8. The third-order valence-electron chi connectivity index (χ3n) is 12.8. The standard InChI is InChI=1S/C56H37NS/c1-3-18-38(19-4-1)55(39-20-5-2-6-21-39)45-26-11-8-24-43(45)54-48(55)29-17-31-51(54)57-50-30-14-9-22-40(50)37-34-35-42-41-23-7-10-25-44(41)56(49(42)36-37)46-27-12-15-32-52(46)58-53-33-16-13-28-47(53)56/h1-36,57H. The van der Waals surface area contributed by atoms with E-state index in [1.807, 2.05) is 11.8 Å². The number of rotatable bonds is 5. The van der Waals surface area contributed by atoms with E-state index >= 15 is 0 Å². The third-order valence-corrected chi connectivity index (χ3v) is 14.0. The maximum atomic E-state index is 4.04. The molecule has 0 radical (unpaired) electrons. The van der Waals surface area contributed by atoms with Gasteiger partial charge in [-0.3, -0.25) is 0 Å². The summed E-state index contributed by atoms with van der Waals surface area (Å²) < 4.78 is 0. The molecule has 2 aliphatic carbocycles. The monoisotopic (exact) mass is 755 g/mol. The number of para-hydroxylation sites is 1. The van der Waals surface area contributed by atoms with Gasteiger partial charge in [0.05, 0.1) is 10.8 Å². The van der Waals surface area contributed by atoms with Crippen LogP contribution in [0.1, 0.15) is 44.5 Å². The summed E-state index contributed by atoms with van der Waals surface area (Å²) in [6, 6.07) is 81.0. The SMILES string of the molecule is c1ccc(C2(c3ccccc3)c3ccccc3-c3c(Nc4ccccc4-c4ccc5c(c4)C4(c6ccccc6Sc6ccccc64)c4ccccc4-5)cccc32)cc1. The zero-order chi connectivity index (χ0) is 38.3. The van der Waals surface area contributed by atoms with Crippen LogP contribution in [0.3, 0.4) is 0 Å². The normalized spacial score (nSPS) is 14.4. The smallest absolute Gasteiger partial charge is 0.0735 e. The van der Waals surface area contributed by atoms with Gasteiger partial charge in [-0.2, -0.15) is 0 Å². The number of anilines is 2. The summed E-state index contributed by atoms with van der Waals surface area (Å²) >= 11 is 1.89. The zero-order valence-corrected chi connectivity index (χ0v) is 32.5. The van der Waals surface area contributed by atoms with Crippen LogP contribution in [0.5, 0.6) is 0 Å². The van der Waals surface area contributed by atoms with Gasteiger partial charge in [0.2, 0.25) is 0 Å². The predicted molar refractivity (Wildman–Crippen MR) is 240 cm³/mol. The van der Waals surface area contributed by atoms with Gasteiger partial charge in [0.15, 0.2) is 0 Å². The van der Waals surface area contributed by atoms with Crippen molar-refractivity contribution in [3.63, 3.8) is 0 Å². The Morgan fingerprint density at radius 1 is 0.310 bits per heavy atom. The van der Waals surface area contributed by atoms with E-state index in [9.17, 15) is 0 Å². The van der Waals surface area contributed by atoms with Crippen LogP contribution in [0.15, 0.2) is 228 Å². The Labute approximate surface area is 343 Å². The number of hydrogen-bond donors (Lipinski definition) is 1. The average molecular weight is 756 g/mol. The molecule has 0 amide bonds. The van der Waals surface area contributed by atoms with Crippen LogP contribution in [0.25, 0.3) is 33.4 Å². The Morgan fingerprint density at radius 3 is 1.47 bits per heavy atom. The third kappa shape index (κ3) is 4.49. The summed E-state index contributed by atoms with van der Waals surface area (Å²) in [5.41, 5.74) is 19.3. The zero-order valence-electron chi connectivity index (χ0n) is 31.7. The molecule has 2 heteroatoms. The van der Waals surface area contributed by atoms with Gasteiger partial charge in [0.25, 0.3) is 0 Å². The minimum atomic E-state index is -0.459. The Kier molecular flexibility index (Phi) is 7.36. The summed E-state index contributed by atoms with van der Waals surface area (Å²) in [5.74, 6) is 0. The fourth-order valence-corrected chi connectivity index (χ4v) is 11.8. The predicted octanol–water partition coefficient (Wildman–Crippen LogP) is 14.3. The van der Waals surface area contributed by atoms with Crippen molar-refractivity contribution in [3.05, 3.63) is 263 Å². The molecular formula is C56H37NS. The van der Waals surface area contributed by atoms with Gasteiger partial charge in [-0.25, -0.2) is 0 Å². The maximum Gasteiger partial charge on any atom is 0.0735 e. The average Bonchev–Trinajstić information content (AvgIpc) is 3.76. The molecule has 272 valence electrons. The van der Waals surface area contributed by atoms with Crippen molar-refractivity contribution in [2.24, 2.45) is 0 Å². The van der Waals surface area contributed by atoms with E-state index < -0.39 is 10.8 Å². The van der Waals surface area contributed by atoms with E-state index in [1.54, 1.807) is 0 Å². The lowest BCUT2D eigenvalue weighted by molar-refractivity contribution is 0.722. The van der Waals surface area contributed by atoms with Crippen LogP contribution in [-0.2, 0) is 10.8 Å². The van der Waals surface area contributed by atoms with Crippen molar-refractivity contribution in [2.45, 2.75) is 20.6 Å². The highest BCUT2D eigenvalue weighted by atomic mass is 32.2. The van der Waals surface area contributed by atoms with E-state index in [4.69, 9.17) is 0 Å². The number of benzene rings is 9. The van der Waals surface area contributed by atoms with Gasteiger partial charge in [0, 0.05) is 32.3 Å². The second-order valence-electron chi connectivity index (χ2n) is 15.6. The second-order valence-corrected chi connectivity index (χ2v) is 16.7. The molecule has 12 rings (SSSR count). The second kappa shape index (κ2) is 12.8. The Hall–Kier alpha value is -6.87. The van der Waals surface area contributed by atoms with Gasteiger partial charge >= 0.3 is 0 Å². The maximum absolute atomic E-state index is 4.04. The lowest BCUT2D eigenvalue weighted by atomic mass is 9.67. The van der Waals surface area contributed by atoms with E-state index in [1.165, 1.54) is 87.7 Å². The van der Waals surface area contributed by atoms with Crippen LogP contribution in [0.4, 0.5) is 11.4 Å². The summed E-state index contributed by atoms with van der Waals surface area (Å²) in [7, 11) is 0. The van der Waals surface area contributed by atoms with Crippen LogP contribution >= 0.6 is 11.8 Å². The van der Waals surface area contributed by atoms with E-state index in [-0.39, 0.29) is 0 Å². The first kappa shape index (κ1) is 33.3. The topological polar surface area (TPSA) is 12.0 Å². The first-order valence-corrected chi connectivity index (χ1v) is 20.9. The molecule has 1 aliphatic heterocycles. The van der Waals surface area contributed by atoms with E-state index in [0.29, 0.717) is 0 Å². The molecule has 3 aliphatic rings. The lowest BCUT2D eigenvalue weighted by Crippen LogP contribution is -2.31. The molecule has 0 saturated carbocycles.